The van der Waals surface area contributed by atoms with Crippen LogP contribution in [0.2, 0.25) is 0 Å². The van der Waals surface area contributed by atoms with Crippen LogP contribution in [0.5, 0.6) is 11.5 Å². The maximum absolute atomic E-state index is 11.1. The van der Waals surface area contributed by atoms with E-state index in [1.54, 1.807) is 32.4 Å². The van der Waals surface area contributed by atoms with Crippen molar-refractivity contribution in [2.75, 3.05) is 21.3 Å². The highest BCUT2D eigenvalue weighted by Crippen LogP contribution is 2.31. The van der Waals surface area contributed by atoms with Gasteiger partial charge in [0.05, 0.1) is 21.3 Å². The first kappa shape index (κ1) is 13.9. The Bertz CT molecular complexity index is 609. The minimum atomic E-state index is -0.437. The third-order valence-corrected chi connectivity index (χ3v) is 2.63. The Labute approximate surface area is 115 Å². The molecule has 0 aliphatic carbocycles. The molecule has 0 unspecified atom stereocenters. The highest BCUT2D eigenvalue weighted by atomic mass is 16.5. The number of esters is 1. The van der Waals surface area contributed by atoms with Crippen molar-refractivity contribution >= 4 is 5.97 Å². The molecule has 20 heavy (non-hydrogen) atoms. The minimum absolute atomic E-state index is 0.0587. The third-order valence-electron chi connectivity index (χ3n) is 2.63. The molecule has 0 aliphatic heterocycles. The zero-order valence-corrected chi connectivity index (χ0v) is 11.4. The molecule has 1 heterocycles. The van der Waals surface area contributed by atoms with Gasteiger partial charge in [-0.3, -0.25) is 4.79 Å². The molecule has 0 radical (unpaired) electrons. The fourth-order valence-corrected chi connectivity index (χ4v) is 1.61. The molecule has 2 aromatic rings. The molecular weight excluding hydrogens is 264 g/mol. The topological polar surface area (TPSA) is 83.7 Å². The Balaban J connectivity index is 2.25. The SMILES string of the molecule is COC(=O)Cc1nc(-c2ccc(OC)c(OC)c2)no1. The number of methoxy groups -OCH3 is 3. The molecule has 106 valence electrons. The summed E-state index contributed by atoms with van der Waals surface area (Å²) in [6, 6.07) is 5.24. The molecule has 2 rings (SSSR count). The second-order valence-electron chi connectivity index (χ2n) is 3.83. The Morgan fingerprint density at radius 3 is 2.60 bits per heavy atom. The smallest absolute Gasteiger partial charge is 0.315 e. The summed E-state index contributed by atoms with van der Waals surface area (Å²) >= 11 is 0. The maximum atomic E-state index is 11.1. The third kappa shape index (κ3) is 2.87. The van der Waals surface area contributed by atoms with Crippen LogP contribution in [-0.4, -0.2) is 37.4 Å². The molecule has 0 fully saturated rings. The van der Waals surface area contributed by atoms with Gasteiger partial charge in [-0.05, 0) is 18.2 Å². The van der Waals surface area contributed by atoms with E-state index in [4.69, 9.17) is 14.0 Å². The molecule has 0 amide bonds. The predicted octanol–water partition coefficient (Wildman–Crippen LogP) is 1.47. The zero-order chi connectivity index (χ0) is 14.5. The molecular formula is C13H14N2O5. The summed E-state index contributed by atoms with van der Waals surface area (Å²) in [5.41, 5.74) is 0.697. The normalized spacial score (nSPS) is 10.2. The molecule has 0 saturated heterocycles. The van der Waals surface area contributed by atoms with Gasteiger partial charge in [-0.2, -0.15) is 4.98 Å². The lowest BCUT2D eigenvalue weighted by Gasteiger charge is -2.07. The van der Waals surface area contributed by atoms with Crippen molar-refractivity contribution in [1.29, 1.82) is 0 Å². The largest absolute Gasteiger partial charge is 0.493 e. The van der Waals surface area contributed by atoms with Crippen LogP contribution < -0.4 is 9.47 Å². The number of aromatic nitrogens is 2. The van der Waals surface area contributed by atoms with Gasteiger partial charge in [-0.15, -0.1) is 0 Å². The maximum Gasteiger partial charge on any atom is 0.315 e. The van der Waals surface area contributed by atoms with Gasteiger partial charge >= 0.3 is 5.97 Å². The average Bonchev–Trinajstić information content (AvgIpc) is 2.94. The van der Waals surface area contributed by atoms with Crippen molar-refractivity contribution in [2.24, 2.45) is 0 Å². The van der Waals surface area contributed by atoms with E-state index in [0.29, 0.717) is 22.9 Å². The average molecular weight is 278 g/mol. The molecule has 0 N–H and O–H groups in total. The number of ether oxygens (including phenoxy) is 3. The zero-order valence-electron chi connectivity index (χ0n) is 11.4. The summed E-state index contributed by atoms with van der Waals surface area (Å²) in [6.07, 6.45) is -0.0587. The summed E-state index contributed by atoms with van der Waals surface area (Å²) in [5, 5.41) is 3.81. The van der Waals surface area contributed by atoms with Gasteiger partial charge < -0.3 is 18.7 Å². The van der Waals surface area contributed by atoms with Crippen LogP contribution >= 0.6 is 0 Å². The van der Waals surface area contributed by atoms with Crippen LogP contribution in [0.4, 0.5) is 0 Å². The highest BCUT2D eigenvalue weighted by molar-refractivity contribution is 5.71. The lowest BCUT2D eigenvalue weighted by Crippen LogP contribution is -2.04. The van der Waals surface area contributed by atoms with Crippen LogP contribution in [0, 0.1) is 0 Å². The second kappa shape index (κ2) is 6.05. The molecule has 0 saturated carbocycles. The summed E-state index contributed by atoms with van der Waals surface area (Å²) in [5.74, 6) is 1.29. The molecule has 7 heteroatoms. The van der Waals surface area contributed by atoms with E-state index in [0.717, 1.165) is 0 Å². The quantitative estimate of drug-likeness (QED) is 0.765. The van der Waals surface area contributed by atoms with E-state index in [-0.39, 0.29) is 12.3 Å². The van der Waals surface area contributed by atoms with E-state index >= 15 is 0 Å². The molecule has 0 atom stereocenters. The Morgan fingerprint density at radius 1 is 1.20 bits per heavy atom. The monoisotopic (exact) mass is 278 g/mol. The second-order valence-corrected chi connectivity index (χ2v) is 3.83. The van der Waals surface area contributed by atoms with E-state index in [2.05, 4.69) is 14.9 Å². The molecule has 0 spiro atoms. The summed E-state index contributed by atoms with van der Waals surface area (Å²) in [6.45, 7) is 0. The first-order chi connectivity index (χ1) is 9.67. The lowest BCUT2D eigenvalue weighted by atomic mass is 10.2. The number of hydrogen-bond donors (Lipinski definition) is 0. The first-order valence-electron chi connectivity index (χ1n) is 5.79. The van der Waals surface area contributed by atoms with E-state index < -0.39 is 5.97 Å². The summed E-state index contributed by atoms with van der Waals surface area (Å²) in [7, 11) is 4.40. The van der Waals surface area contributed by atoms with E-state index in [9.17, 15) is 4.79 Å². The molecule has 0 bridgehead atoms. The van der Waals surface area contributed by atoms with Crippen molar-refractivity contribution in [3.63, 3.8) is 0 Å². The summed E-state index contributed by atoms with van der Waals surface area (Å²) in [4.78, 5) is 15.2. The molecule has 7 nitrogen and oxygen atoms in total. The van der Waals surface area contributed by atoms with Crippen molar-refractivity contribution in [1.82, 2.24) is 10.1 Å². The van der Waals surface area contributed by atoms with Gasteiger partial charge in [0.25, 0.3) is 0 Å². The Morgan fingerprint density at radius 2 is 1.95 bits per heavy atom. The van der Waals surface area contributed by atoms with Crippen molar-refractivity contribution < 1.29 is 23.5 Å². The van der Waals surface area contributed by atoms with Crippen molar-refractivity contribution in [3.05, 3.63) is 24.1 Å². The number of hydrogen-bond acceptors (Lipinski definition) is 7. The van der Waals surface area contributed by atoms with Gasteiger partial charge in [0, 0.05) is 5.56 Å². The van der Waals surface area contributed by atoms with Gasteiger partial charge in [0.15, 0.2) is 11.5 Å². The highest BCUT2D eigenvalue weighted by Gasteiger charge is 2.14. The van der Waals surface area contributed by atoms with Crippen LogP contribution in [0.1, 0.15) is 5.89 Å². The number of carbonyl (C=O) groups is 1. The van der Waals surface area contributed by atoms with Crippen LogP contribution in [-0.2, 0) is 16.0 Å². The molecule has 1 aromatic heterocycles. The number of rotatable bonds is 5. The van der Waals surface area contributed by atoms with Gasteiger partial charge in [-0.1, -0.05) is 5.16 Å². The van der Waals surface area contributed by atoms with Gasteiger partial charge in [0.1, 0.15) is 6.42 Å². The Kier molecular flexibility index (Phi) is 4.19. The molecule has 1 aromatic carbocycles. The fraction of sp³-hybridized carbons (Fsp3) is 0.308. The predicted molar refractivity (Wildman–Crippen MR) is 68.6 cm³/mol. The van der Waals surface area contributed by atoms with Crippen LogP contribution in [0.25, 0.3) is 11.4 Å². The van der Waals surface area contributed by atoms with Gasteiger partial charge in [0.2, 0.25) is 11.7 Å². The van der Waals surface area contributed by atoms with Crippen LogP contribution in [0.15, 0.2) is 22.7 Å². The number of nitrogens with zero attached hydrogens (tertiary/aromatic N) is 2. The van der Waals surface area contributed by atoms with Crippen molar-refractivity contribution in [3.8, 4) is 22.9 Å². The number of benzene rings is 1. The molecule has 0 aliphatic rings. The van der Waals surface area contributed by atoms with E-state index in [1.165, 1.54) is 7.11 Å². The number of carbonyl (C=O) groups excluding carboxylic acids is 1. The summed E-state index contributed by atoms with van der Waals surface area (Å²) < 4.78 is 19.9. The Hall–Kier alpha value is -2.57. The van der Waals surface area contributed by atoms with Crippen LogP contribution in [0.3, 0.4) is 0 Å². The standard InChI is InChI=1S/C13H14N2O5/c1-17-9-5-4-8(6-10(9)18-2)13-14-11(20-15-13)7-12(16)19-3/h4-6H,7H2,1-3H3. The van der Waals surface area contributed by atoms with Crippen molar-refractivity contribution in [2.45, 2.75) is 6.42 Å². The van der Waals surface area contributed by atoms with Gasteiger partial charge in [-0.25, -0.2) is 0 Å². The first-order valence-corrected chi connectivity index (χ1v) is 5.79. The fourth-order valence-electron chi connectivity index (χ4n) is 1.61. The minimum Gasteiger partial charge on any atom is -0.493 e. The lowest BCUT2D eigenvalue weighted by molar-refractivity contribution is -0.140. The van der Waals surface area contributed by atoms with E-state index in [1.807, 2.05) is 0 Å².